The lowest BCUT2D eigenvalue weighted by molar-refractivity contribution is -0.148. The molecule has 0 aromatic carbocycles. The smallest absolute Gasteiger partial charge is 0.308 e. The van der Waals surface area contributed by atoms with E-state index in [0.29, 0.717) is 30.2 Å². The molecule has 2 heterocycles. The Kier molecular flexibility index (Phi) is 5.93. The number of rotatable bonds is 5. The number of carboxylic acid groups (broad SMARTS) is 1. The number of nitrogens with zero attached hydrogens (tertiary/aromatic N) is 2. The average Bonchev–Trinajstić information content (AvgIpc) is 2.93. The zero-order chi connectivity index (χ0) is 17.9. The highest BCUT2D eigenvalue weighted by molar-refractivity contribution is 7.13. The van der Waals surface area contributed by atoms with Crippen LogP contribution in [-0.2, 0) is 20.8 Å². The number of carbonyl (C=O) groups is 3. The van der Waals surface area contributed by atoms with Crippen LogP contribution in [0.1, 0.15) is 39.3 Å². The Morgan fingerprint density at radius 2 is 2.17 bits per heavy atom. The summed E-state index contributed by atoms with van der Waals surface area (Å²) in [5.74, 6) is -1.75. The van der Waals surface area contributed by atoms with Crippen molar-refractivity contribution in [2.75, 3.05) is 11.9 Å². The number of hydrogen-bond acceptors (Lipinski definition) is 5. The van der Waals surface area contributed by atoms with Crippen molar-refractivity contribution in [2.24, 2.45) is 11.8 Å². The first-order valence-electron chi connectivity index (χ1n) is 8.07. The number of anilines is 1. The molecule has 2 rings (SSSR count). The maximum atomic E-state index is 12.5. The Balaban J connectivity index is 1.98. The number of piperidine rings is 1. The van der Waals surface area contributed by atoms with Gasteiger partial charge in [-0.15, -0.1) is 11.3 Å². The van der Waals surface area contributed by atoms with Crippen LogP contribution in [0.3, 0.4) is 0 Å². The summed E-state index contributed by atoms with van der Waals surface area (Å²) < 4.78 is 0. The van der Waals surface area contributed by atoms with E-state index in [-0.39, 0.29) is 30.2 Å². The van der Waals surface area contributed by atoms with Crippen molar-refractivity contribution in [1.29, 1.82) is 0 Å². The fourth-order valence-corrected chi connectivity index (χ4v) is 3.49. The van der Waals surface area contributed by atoms with Crippen molar-refractivity contribution in [1.82, 2.24) is 9.88 Å². The number of aromatic nitrogens is 1. The third-order valence-electron chi connectivity index (χ3n) is 4.26. The van der Waals surface area contributed by atoms with E-state index in [1.54, 1.807) is 31.1 Å². The lowest BCUT2D eigenvalue weighted by atomic mass is 9.90. The predicted molar refractivity (Wildman–Crippen MR) is 90.8 cm³/mol. The Labute approximate surface area is 145 Å². The minimum atomic E-state index is -0.854. The van der Waals surface area contributed by atoms with Gasteiger partial charge in [-0.1, -0.05) is 13.8 Å². The second kappa shape index (κ2) is 7.74. The summed E-state index contributed by atoms with van der Waals surface area (Å²) in [6.07, 6.45) is 1.41. The zero-order valence-corrected chi connectivity index (χ0v) is 14.9. The van der Waals surface area contributed by atoms with Crippen LogP contribution in [0.5, 0.6) is 0 Å². The number of nitrogens with one attached hydrogen (secondary N) is 1. The van der Waals surface area contributed by atoms with Crippen LogP contribution >= 0.6 is 11.3 Å². The highest BCUT2D eigenvalue weighted by Gasteiger charge is 2.35. The number of amides is 2. The van der Waals surface area contributed by atoms with Gasteiger partial charge in [-0.25, -0.2) is 4.98 Å². The monoisotopic (exact) mass is 353 g/mol. The molecule has 132 valence electrons. The van der Waals surface area contributed by atoms with Crippen LogP contribution in [0.15, 0.2) is 5.38 Å². The quantitative estimate of drug-likeness (QED) is 0.843. The summed E-state index contributed by atoms with van der Waals surface area (Å²) >= 11 is 1.28. The van der Waals surface area contributed by atoms with Gasteiger partial charge < -0.3 is 15.3 Å². The van der Waals surface area contributed by atoms with Crippen LogP contribution in [0.2, 0.25) is 0 Å². The molecule has 0 radical (unpaired) electrons. The molecular formula is C16H23N3O4S. The van der Waals surface area contributed by atoms with Crippen molar-refractivity contribution >= 4 is 34.3 Å². The SMILES string of the molecule is CC(C)C(=O)Nc1nc(CC(=O)N2CCC[C@H](C(=O)O)[C@@H]2C)cs1. The van der Waals surface area contributed by atoms with Gasteiger partial charge in [0.15, 0.2) is 5.13 Å². The molecule has 1 aromatic rings. The van der Waals surface area contributed by atoms with E-state index in [9.17, 15) is 19.5 Å². The molecule has 2 amide bonds. The Morgan fingerprint density at radius 1 is 1.46 bits per heavy atom. The largest absolute Gasteiger partial charge is 0.481 e. The molecule has 8 heteroatoms. The summed E-state index contributed by atoms with van der Waals surface area (Å²) in [6, 6.07) is -0.317. The lowest BCUT2D eigenvalue weighted by Gasteiger charge is -2.37. The topological polar surface area (TPSA) is 99.6 Å². The highest BCUT2D eigenvalue weighted by Crippen LogP contribution is 2.25. The van der Waals surface area contributed by atoms with Crippen LogP contribution in [0.25, 0.3) is 0 Å². The van der Waals surface area contributed by atoms with Crippen LogP contribution < -0.4 is 5.32 Å². The first-order chi connectivity index (χ1) is 11.3. The molecular weight excluding hydrogens is 330 g/mol. The Morgan fingerprint density at radius 3 is 2.79 bits per heavy atom. The zero-order valence-electron chi connectivity index (χ0n) is 14.1. The summed E-state index contributed by atoms with van der Waals surface area (Å²) in [5.41, 5.74) is 0.591. The molecule has 0 aliphatic carbocycles. The third kappa shape index (κ3) is 4.31. The number of carboxylic acids is 1. The molecule has 1 aliphatic rings. The van der Waals surface area contributed by atoms with E-state index in [2.05, 4.69) is 10.3 Å². The summed E-state index contributed by atoms with van der Waals surface area (Å²) in [5, 5.41) is 14.2. The first-order valence-corrected chi connectivity index (χ1v) is 8.95. The fraction of sp³-hybridized carbons (Fsp3) is 0.625. The average molecular weight is 353 g/mol. The molecule has 2 N–H and O–H groups in total. The summed E-state index contributed by atoms with van der Waals surface area (Å²) in [6.45, 7) is 5.95. The summed E-state index contributed by atoms with van der Waals surface area (Å²) in [7, 11) is 0. The molecule has 24 heavy (non-hydrogen) atoms. The van der Waals surface area contributed by atoms with Gasteiger partial charge in [-0.05, 0) is 19.8 Å². The second-order valence-corrected chi connectivity index (χ2v) is 7.24. The predicted octanol–water partition coefficient (Wildman–Crippen LogP) is 1.99. The van der Waals surface area contributed by atoms with Crippen LogP contribution in [-0.4, -0.2) is 45.4 Å². The minimum Gasteiger partial charge on any atom is -0.481 e. The van der Waals surface area contributed by atoms with Gasteiger partial charge in [0.2, 0.25) is 11.8 Å². The molecule has 1 aliphatic heterocycles. The van der Waals surface area contributed by atoms with Crippen LogP contribution in [0.4, 0.5) is 5.13 Å². The van der Waals surface area contributed by atoms with E-state index in [1.165, 1.54) is 11.3 Å². The second-order valence-electron chi connectivity index (χ2n) is 6.38. The maximum absolute atomic E-state index is 12.5. The van der Waals surface area contributed by atoms with E-state index in [1.807, 2.05) is 0 Å². The van der Waals surface area contributed by atoms with Gasteiger partial charge in [-0.2, -0.15) is 0 Å². The van der Waals surface area contributed by atoms with Crippen molar-refractivity contribution in [3.8, 4) is 0 Å². The number of thiazole rings is 1. The fourth-order valence-electron chi connectivity index (χ4n) is 2.78. The van der Waals surface area contributed by atoms with Crippen molar-refractivity contribution in [3.05, 3.63) is 11.1 Å². The van der Waals surface area contributed by atoms with E-state index < -0.39 is 11.9 Å². The van der Waals surface area contributed by atoms with Gasteiger partial charge in [0.25, 0.3) is 0 Å². The lowest BCUT2D eigenvalue weighted by Crippen LogP contribution is -2.49. The standard InChI is InChI=1S/C16H23N3O4S/c1-9(2)14(21)18-16-17-11(8-24-16)7-13(20)19-6-4-5-12(10(19)3)15(22)23/h8-10,12H,4-7H2,1-3H3,(H,22,23)(H,17,18,21)/t10-,12-/m0/s1. The van der Waals surface area contributed by atoms with E-state index in [4.69, 9.17) is 0 Å². The van der Waals surface area contributed by atoms with Crippen LogP contribution in [0, 0.1) is 11.8 Å². The van der Waals surface area contributed by atoms with Gasteiger partial charge in [0.1, 0.15) is 0 Å². The Bertz CT molecular complexity index is 629. The van der Waals surface area contributed by atoms with Crippen molar-refractivity contribution in [2.45, 2.75) is 46.1 Å². The van der Waals surface area contributed by atoms with Gasteiger partial charge >= 0.3 is 5.97 Å². The molecule has 0 saturated carbocycles. The maximum Gasteiger partial charge on any atom is 0.308 e. The molecule has 1 aromatic heterocycles. The Hall–Kier alpha value is -1.96. The number of hydrogen-bond donors (Lipinski definition) is 2. The van der Waals surface area contributed by atoms with E-state index >= 15 is 0 Å². The normalized spacial score (nSPS) is 20.9. The number of likely N-dealkylation sites (tertiary alicyclic amines) is 1. The first kappa shape index (κ1) is 18.4. The molecule has 7 nitrogen and oxygen atoms in total. The molecule has 0 spiro atoms. The van der Waals surface area contributed by atoms with Crippen molar-refractivity contribution < 1.29 is 19.5 Å². The number of aliphatic carboxylic acids is 1. The highest BCUT2D eigenvalue weighted by atomic mass is 32.1. The van der Waals surface area contributed by atoms with E-state index in [0.717, 1.165) is 0 Å². The third-order valence-corrected chi connectivity index (χ3v) is 5.07. The summed E-state index contributed by atoms with van der Waals surface area (Å²) in [4.78, 5) is 41.3. The van der Waals surface area contributed by atoms with Crippen molar-refractivity contribution in [3.63, 3.8) is 0 Å². The van der Waals surface area contributed by atoms with Gasteiger partial charge in [0, 0.05) is 23.9 Å². The van der Waals surface area contributed by atoms with Gasteiger partial charge in [0.05, 0.1) is 18.0 Å². The molecule has 0 bridgehead atoms. The molecule has 2 atom stereocenters. The van der Waals surface area contributed by atoms with Gasteiger partial charge in [-0.3, -0.25) is 14.4 Å². The molecule has 1 saturated heterocycles. The molecule has 0 unspecified atom stereocenters. The number of carbonyl (C=O) groups excluding carboxylic acids is 2. The molecule has 1 fully saturated rings. The minimum absolute atomic E-state index is 0.115.